The van der Waals surface area contributed by atoms with Gasteiger partial charge in [-0.25, -0.2) is 0 Å². The number of aromatic nitrogens is 1. The minimum atomic E-state index is -0.474. The molecule has 0 saturated heterocycles. The summed E-state index contributed by atoms with van der Waals surface area (Å²) in [6.07, 6.45) is 0. The van der Waals surface area contributed by atoms with Gasteiger partial charge in [0.25, 0.3) is 0 Å². The average molecular weight is 985 g/mol. The van der Waals surface area contributed by atoms with Crippen molar-refractivity contribution < 1.29 is 11.0 Å². The quantitative estimate of drug-likeness (QED) is 0.154. The van der Waals surface area contributed by atoms with Gasteiger partial charge >= 0.3 is 0 Å². The minimum absolute atomic E-state index is 0.0441. The maximum Gasteiger partial charge on any atom is 0.249 e. The van der Waals surface area contributed by atoms with E-state index >= 15 is 0 Å². The van der Waals surface area contributed by atoms with Gasteiger partial charge in [-0.05, 0) is 125 Å². The number of rotatable bonds is 6. The highest BCUT2D eigenvalue weighted by atomic mass is 32.2. The number of hydrogen-bond donors (Lipinski definition) is 0. The molecule has 11 aromatic carbocycles. The lowest BCUT2D eigenvalue weighted by Gasteiger charge is -2.43. The van der Waals surface area contributed by atoms with Gasteiger partial charge in [-0.2, -0.15) is 0 Å². The smallest absolute Gasteiger partial charge is 0.249 e. The van der Waals surface area contributed by atoms with Crippen LogP contribution in [-0.4, -0.2) is 18.0 Å². The van der Waals surface area contributed by atoms with Crippen molar-refractivity contribution >= 4 is 143 Å². The second-order valence-corrected chi connectivity index (χ2v) is 21.2. The third-order valence-electron chi connectivity index (χ3n) is 15.1. The standard InChI is InChI=1S/C66H42B2N4S2/c1-5-21-43(22-6-1)69(44-23-7-2-8-24-44)47-37-59-65-63(39-47)73-61-42-62-54(41-53(61)67(65)51-31-15-19-35-57(51)70(59)45-25-9-3-10-26-45)68-52-32-16-20-36-58(52)71(46-27-11-4-12-28-46)60-38-48(40-64(74-62)66(60)68)72-55-33-17-13-29-49(55)50-30-14-18-34-56(50)72/h1-42H/i13D,14D,17D,18D,29D,30D,33D,34D. The highest BCUT2D eigenvalue weighted by Gasteiger charge is 2.46. The molecule has 8 heteroatoms. The van der Waals surface area contributed by atoms with Gasteiger partial charge in [-0.1, -0.05) is 186 Å². The first kappa shape index (κ1) is 34.8. The average Bonchev–Trinajstić information content (AvgIpc) is 1.43. The van der Waals surface area contributed by atoms with Crippen molar-refractivity contribution in [1.29, 1.82) is 0 Å². The van der Waals surface area contributed by atoms with Gasteiger partial charge in [0.2, 0.25) is 13.4 Å². The van der Waals surface area contributed by atoms with Crippen LogP contribution < -0.4 is 47.5 Å². The molecule has 0 saturated carbocycles. The zero-order valence-electron chi connectivity index (χ0n) is 47.4. The topological polar surface area (TPSA) is 14.7 Å². The van der Waals surface area contributed by atoms with Crippen LogP contribution in [0.15, 0.2) is 274 Å². The van der Waals surface area contributed by atoms with Gasteiger partial charge in [0, 0.05) is 87.2 Å². The monoisotopic (exact) mass is 984 g/mol. The van der Waals surface area contributed by atoms with Crippen LogP contribution in [0.3, 0.4) is 0 Å². The summed E-state index contributed by atoms with van der Waals surface area (Å²) in [7, 11) is 0. The van der Waals surface area contributed by atoms with E-state index < -0.39 is 24.2 Å². The number of benzene rings is 11. The Bertz CT molecular complexity index is 4610. The number of fused-ring (bicyclic) bond motifs is 11. The van der Waals surface area contributed by atoms with Gasteiger partial charge in [0.05, 0.1) is 22.0 Å². The molecule has 12 aromatic rings. The predicted molar refractivity (Wildman–Crippen MR) is 315 cm³/mol. The Hall–Kier alpha value is -8.55. The van der Waals surface area contributed by atoms with E-state index in [4.69, 9.17) is 5.48 Å². The molecule has 0 amide bonds. The summed E-state index contributed by atoms with van der Waals surface area (Å²) in [5.74, 6) is 0. The molecule has 0 bridgehead atoms. The molecule has 344 valence electrons. The molecule has 5 heterocycles. The van der Waals surface area contributed by atoms with Crippen LogP contribution in [0, 0.1) is 0 Å². The van der Waals surface area contributed by atoms with Crippen molar-refractivity contribution in [2.75, 3.05) is 14.7 Å². The molecule has 4 nitrogen and oxygen atoms in total. The molecule has 0 radical (unpaired) electrons. The van der Waals surface area contributed by atoms with Gasteiger partial charge in [-0.3, -0.25) is 0 Å². The van der Waals surface area contributed by atoms with Crippen LogP contribution in [0.1, 0.15) is 11.0 Å². The van der Waals surface area contributed by atoms with Crippen molar-refractivity contribution in [2.45, 2.75) is 19.6 Å². The van der Waals surface area contributed by atoms with Crippen LogP contribution in [0.25, 0.3) is 27.5 Å². The SMILES string of the molecule is [2H]c1c([2H])c([2H])c2c(c1[2H])c1c([2H])c([2H])c([2H])c([2H])c1n2-c1cc2c3c(c1)N(c1ccccc1)c1ccccc1B3c1cc3c(cc1S2)Sc1cc(N(c2ccccc2)c2ccccc2)cc2c1B3c1ccccc1N2c1ccccc1. The van der Waals surface area contributed by atoms with E-state index in [1.807, 2.05) is 24.3 Å². The van der Waals surface area contributed by atoms with Crippen LogP contribution in [0.5, 0.6) is 0 Å². The summed E-state index contributed by atoms with van der Waals surface area (Å²) in [6.45, 7) is -0.371. The largest absolute Gasteiger partial charge is 0.311 e. The first-order valence-corrected chi connectivity index (χ1v) is 26.4. The maximum absolute atomic E-state index is 9.46. The lowest BCUT2D eigenvalue weighted by atomic mass is 9.32. The number of hydrogen-bond acceptors (Lipinski definition) is 5. The van der Waals surface area contributed by atoms with Crippen molar-refractivity contribution in [3.63, 3.8) is 0 Å². The molecule has 0 N–H and O–H groups in total. The predicted octanol–water partition coefficient (Wildman–Crippen LogP) is 13.8. The Morgan fingerprint density at radius 3 is 1.32 bits per heavy atom. The summed E-state index contributed by atoms with van der Waals surface area (Å²) < 4.78 is 74.4. The highest BCUT2D eigenvalue weighted by Crippen LogP contribution is 2.49. The second kappa shape index (κ2) is 16.5. The lowest BCUT2D eigenvalue weighted by Crippen LogP contribution is -2.63. The fourth-order valence-electron chi connectivity index (χ4n) is 12.1. The molecule has 0 atom stereocenters. The van der Waals surface area contributed by atoms with Gasteiger partial charge in [0.1, 0.15) is 0 Å². The molecule has 1 aromatic heterocycles. The Balaban J connectivity index is 0.962. The third-order valence-corrected chi connectivity index (χ3v) is 17.3. The molecule has 4 aliphatic heterocycles. The molecule has 0 aliphatic carbocycles. The Morgan fingerprint density at radius 1 is 0.351 bits per heavy atom. The van der Waals surface area contributed by atoms with Crippen LogP contribution in [0.2, 0.25) is 0 Å². The number of nitrogens with zero attached hydrogens (tertiary/aromatic N) is 4. The van der Waals surface area contributed by atoms with Crippen molar-refractivity contribution in [3.8, 4) is 5.69 Å². The van der Waals surface area contributed by atoms with Crippen LogP contribution in [-0.2, 0) is 0 Å². The summed E-state index contributed by atoms with van der Waals surface area (Å²) >= 11 is 3.46. The maximum atomic E-state index is 9.46. The summed E-state index contributed by atoms with van der Waals surface area (Å²) in [5, 5.41) is 0.0881. The van der Waals surface area contributed by atoms with E-state index in [2.05, 4.69) is 197 Å². The third kappa shape index (κ3) is 6.22. The van der Waals surface area contributed by atoms with E-state index in [1.54, 1.807) is 28.1 Å². The van der Waals surface area contributed by atoms with E-state index in [1.165, 1.54) is 21.9 Å². The molecule has 16 rings (SSSR count). The molecule has 0 spiro atoms. The molecule has 0 unspecified atom stereocenters. The molecule has 4 aliphatic rings. The minimum Gasteiger partial charge on any atom is -0.311 e. The van der Waals surface area contributed by atoms with Gasteiger partial charge in [-0.15, -0.1) is 0 Å². The van der Waals surface area contributed by atoms with Crippen molar-refractivity contribution in [2.24, 2.45) is 0 Å². The molecular weight excluding hydrogens is 935 g/mol. The normalized spacial score (nSPS) is 15.0. The molecular formula is C66H42B2N4S2. The van der Waals surface area contributed by atoms with Crippen LogP contribution >= 0.6 is 23.5 Å². The fraction of sp³-hybridized carbons (Fsp3) is 0. The lowest BCUT2D eigenvalue weighted by molar-refractivity contribution is 1.15. The van der Waals surface area contributed by atoms with E-state index in [9.17, 15) is 5.48 Å². The first-order chi connectivity index (χ1) is 40.0. The summed E-state index contributed by atoms with van der Waals surface area (Å²) in [5.41, 5.74) is 16.9. The first-order valence-electron chi connectivity index (χ1n) is 28.7. The van der Waals surface area contributed by atoms with Gasteiger partial charge < -0.3 is 19.3 Å². The Morgan fingerprint density at radius 2 is 0.797 bits per heavy atom. The van der Waals surface area contributed by atoms with Crippen molar-refractivity contribution in [3.05, 3.63) is 255 Å². The molecule has 0 fully saturated rings. The van der Waals surface area contributed by atoms with E-state index in [-0.39, 0.29) is 59.4 Å². The van der Waals surface area contributed by atoms with Crippen LogP contribution in [0.4, 0.5) is 51.2 Å². The van der Waals surface area contributed by atoms with E-state index in [0.29, 0.717) is 5.69 Å². The van der Waals surface area contributed by atoms with Crippen molar-refractivity contribution in [1.82, 2.24) is 4.57 Å². The molecule has 74 heavy (non-hydrogen) atoms. The zero-order valence-corrected chi connectivity index (χ0v) is 41.0. The zero-order chi connectivity index (χ0) is 55.4. The number of para-hydroxylation sites is 8. The summed E-state index contributed by atoms with van der Waals surface area (Å²) in [4.78, 5) is 11.3. The fourth-order valence-corrected chi connectivity index (χ4v) is 14.6. The number of anilines is 9. The van der Waals surface area contributed by atoms with Gasteiger partial charge in [0.15, 0.2) is 0 Å². The second-order valence-electron chi connectivity index (χ2n) is 19.0. The Kier molecular flexibility index (Phi) is 7.74. The Labute approximate surface area is 450 Å². The van der Waals surface area contributed by atoms with E-state index in [0.717, 1.165) is 81.7 Å². The highest BCUT2D eigenvalue weighted by molar-refractivity contribution is 8.01. The summed E-state index contributed by atoms with van der Waals surface area (Å²) in [6, 6.07) is 69.8.